The fourth-order valence-corrected chi connectivity index (χ4v) is 0. The van der Waals surface area contributed by atoms with Gasteiger partial charge in [0, 0.05) is 0 Å². The molecule has 0 rings (SSSR count). The fraction of sp³-hybridized carbons (Fsp3) is 0. The van der Waals surface area contributed by atoms with Gasteiger partial charge in [-0.25, -0.2) is 0 Å². The minimum Gasteiger partial charge on any atom is -0.780 e. The quantitative estimate of drug-likeness (QED) is 0.575. The Morgan fingerprint density at radius 2 is 1.50 bits per heavy atom. The van der Waals surface area contributed by atoms with Gasteiger partial charge in [0.1, 0.15) is 0 Å². The van der Waals surface area contributed by atoms with E-state index in [0.717, 1.165) is 0 Å². The fourth-order valence-electron chi connectivity index (χ4n) is 0. The van der Waals surface area contributed by atoms with Crippen LogP contribution in [0.2, 0.25) is 0 Å². The average molecular weight is 307 g/mol. The van der Waals surface area contributed by atoms with E-state index in [4.69, 9.17) is 13.3 Å². The van der Waals surface area contributed by atoms with Crippen molar-refractivity contribution in [3.05, 3.63) is 0 Å². The molecule has 0 aliphatic heterocycles. The molecule has 0 aliphatic rings. The summed E-state index contributed by atoms with van der Waals surface area (Å²) in [4.78, 5) is 0. The van der Waals surface area contributed by atoms with E-state index in [0.29, 0.717) is 0 Å². The van der Waals surface area contributed by atoms with Gasteiger partial charge in [-0.1, -0.05) is 0 Å². The molecule has 0 saturated carbocycles. The standard InChI is InChI=1S/H2O3S2.Pt/c1-5(2,3)4;/h(H2,1,2,3,4);/q;+2/p-2. The first kappa shape index (κ1) is 10.1. The molecule has 0 aromatic carbocycles. The maximum atomic E-state index is 8.89. The summed E-state index contributed by atoms with van der Waals surface area (Å²) in [7, 11) is -4.33. The van der Waals surface area contributed by atoms with Gasteiger partial charge in [0.25, 0.3) is 0 Å². The van der Waals surface area contributed by atoms with E-state index in [1.165, 1.54) is 0 Å². The van der Waals surface area contributed by atoms with Crippen LogP contribution in [0, 0.1) is 0 Å². The number of rotatable bonds is 0. The Labute approximate surface area is 54.7 Å². The van der Waals surface area contributed by atoms with Crippen molar-refractivity contribution >= 4 is 20.2 Å². The van der Waals surface area contributed by atoms with Crippen molar-refractivity contribution in [2.75, 3.05) is 0 Å². The van der Waals surface area contributed by atoms with E-state index in [9.17, 15) is 0 Å². The zero-order chi connectivity index (χ0) is 4.50. The van der Waals surface area contributed by atoms with Gasteiger partial charge in [0.05, 0.1) is 0 Å². The summed E-state index contributed by atoms with van der Waals surface area (Å²) in [5.41, 5.74) is 0. The predicted octanol–water partition coefficient (Wildman–Crippen LogP) is -1.01. The van der Waals surface area contributed by atoms with E-state index >= 15 is 0 Å². The zero-order valence-electron chi connectivity index (χ0n) is 2.36. The van der Waals surface area contributed by atoms with E-state index in [1.54, 1.807) is 0 Å². The third kappa shape index (κ3) is 82.3. The van der Waals surface area contributed by atoms with Crippen LogP contribution in [0.25, 0.3) is 0 Å². The van der Waals surface area contributed by atoms with E-state index < -0.39 is 9.05 Å². The number of hydrogen-bond acceptors (Lipinski definition) is 4. The Balaban J connectivity index is 0. The summed E-state index contributed by atoms with van der Waals surface area (Å²) in [6, 6.07) is 0. The molecule has 0 bridgehead atoms. The Hall–Kier alpha value is 0.978. The van der Waals surface area contributed by atoms with Crippen LogP contribution in [0.4, 0.5) is 0 Å². The second kappa shape index (κ2) is 3.04. The molecular formula is O3PtS2. The first-order valence-corrected chi connectivity index (χ1v) is 3.00. The predicted molar refractivity (Wildman–Crippen MR) is 17.1 cm³/mol. The molecule has 6 heteroatoms. The molecule has 3 nitrogen and oxygen atoms in total. The van der Waals surface area contributed by atoms with Crippen molar-refractivity contribution in [1.82, 2.24) is 0 Å². The molecule has 0 unspecified atom stereocenters. The minimum atomic E-state index is -4.33. The van der Waals surface area contributed by atoms with Gasteiger partial charge in [0.2, 0.25) is 0 Å². The van der Waals surface area contributed by atoms with Crippen LogP contribution in [0.3, 0.4) is 0 Å². The van der Waals surface area contributed by atoms with Crippen LogP contribution in [-0.2, 0) is 41.3 Å². The van der Waals surface area contributed by atoms with Gasteiger partial charge < -0.3 is 9.11 Å². The molecule has 0 spiro atoms. The van der Waals surface area contributed by atoms with Crippen LogP contribution < -0.4 is 0 Å². The van der Waals surface area contributed by atoms with Crippen LogP contribution in [0.5, 0.6) is 0 Å². The minimum absolute atomic E-state index is 0. The molecule has 0 heterocycles. The summed E-state index contributed by atoms with van der Waals surface area (Å²) >= 11 is 3.24. The van der Waals surface area contributed by atoms with Crippen molar-refractivity contribution in [2.45, 2.75) is 0 Å². The van der Waals surface area contributed by atoms with Crippen LogP contribution in [0.1, 0.15) is 0 Å². The third-order valence-corrected chi connectivity index (χ3v) is 0. The van der Waals surface area contributed by atoms with Crippen LogP contribution in [0.15, 0.2) is 0 Å². The SMILES string of the molecule is O=S([O-])([O-])=S.[Pt+2]. The first-order valence-electron chi connectivity index (χ1n) is 0.667. The topological polar surface area (TPSA) is 63.2 Å². The van der Waals surface area contributed by atoms with E-state index in [-0.39, 0.29) is 21.1 Å². The van der Waals surface area contributed by atoms with Gasteiger partial charge >= 0.3 is 21.1 Å². The molecule has 40 valence electrons. The zero-order valence-corrected chi connectivity index (χ0v) is 6.26. The summed E-state index contributed by atoms with van der Waals surface area (Å²) in [6.07, 6.45) is 0. The Kier molecular flexibility index (Phi) is 5.10. The molecule has 0 amide bonds. The monoisotopic (exact) mass is 307 g/mol. The smallest absolute Gasteiger partial charge is 0.780 e. The van der Waals surface area contributed by atoms with Gasteiger partial charge in [-0.3, -0.25) is 4.21 Å². The van der Waals surface area contributed by atoms with Crippen molar-refractivity contribution in [3.63, 3.8) is 0 Å². The Bertz CT molecular complexity index is 92.0. The van der Waals surface area contributed by atoms with Crippen molar-refractivity contribution in [1.29, 1.82) is 0 Å². The summed E-state index contributed by atoms with van der Waals surface area (Å²) < 4.78 is 26.7. The van der Waals surface area contributed by atoms with Crippen molar-refractivity contribution in [2.24, 2.45) is 0 Å². The van der Waals surface area contributed by atoms with Crippen LogP contribution >= 0.6 is 0 Å². The molecule has 0 N–H and O–H groups in total. The summed E-state index contributed by atoms with van der Waals surface area (Å²) in [5.74, 6) is 0. The molecule has 0 radical (unpaired) electrons. The van der Waals surface area contributed by atoms with Gasteiger partial charge in [-0.05, 0) is 11.2 Å². The molecule has 6 heavy (non-hydrogen) atoms. The molecule has 0 aromatic heterocycles. The molecular weight excluding hydrogens is 307 g/mol. The Morgan fingerprint density at radius 3 is 1.50 bits per heavy atom. The van der Waals surface area contributed by atoms with Crippen molar-refractivity contribution < 1.29 is 34.4 Å². The second-order valence-corrected chi connectivity index (χ2v) is 2.45. The van der Waals surface area contributed by atoms with E-state index in [1.807, 2.05) is 0 Å². The molecule has 0 aromatic rings. The molecule has 0 aliphatic carbocycles. The molecule has 0 atom stereocenters. The van der Waals surface area contributed by atoms with Gasteiger partial charge in [-0.2, -0.15) is 0 Å². The maximum absolute atomic E-state index is 8.89. The first-order chi connectivity index (χ1) is 2.00. The van der Waals surface area contributed by atoms with Crippen LogP contribution in [-0.4, -0.2) is 13.3 Å². The van der Waals surface area contributed by atoms with Gasteiger partial charge in [-0.15, -0.1) is 9.05 Å². The Morgan fingerprint density at radius 1 is 1.50 bits per heavy atom. The second-order valence-electron chi connectivity index (χ2n) is 0.408. The third-order valence-electron chi connectivity index (χ3n) is 0. The largest absolute Gasteiger partial charge is 2.00 e. The van der Waals surface area contributed by atoms with E-state index in [2.05, 4.69) is 11.2 Å². The van der Waals surface area contributed by atoms with Crippen molar-refractivity contribution in [3.8, 4) is 0 Å². The average Bonchev–Trinajstić information content (AvgIpc) is 0.722. The molecule has 0 saturated heterocycles. The number of hydrogen-bond donors (Lipinski definition) is 0. The van der Waals surface area contributed by atoms with Gasteiger partial charge in [0.15, 0.2) is 0 Å². The molecule has 0 fully saturated rings. The summed E-state index contributed by atoms with van der Waals surface area (Å²) in [6.45, 7) is 0. The maximum Gasteiger partial charge on any atom is 2.00 e. The normalized spacial score (nSPS) is 9.67. The summed E-state index contributed by atoms with van der Waals surface area (Å²) in [5, 5.41) is 0.